The Labute approximate surface area is 216 Å². The van der Waals surface area contributed by atoms with Crippen molar-refractivity contribution in [1.29, 1.82) is 0 Å². The van der Waals surface area contributed by atoms with Gasteiger partial charge in [0.25, 0.3) is 5.56 Å². The van der Waals surface area contributed by atoms with Crippen LogP contribution < -0.4 is 20.5 Å². The van der Waals surface area contributed by atoms with Crippen LogP contribution in [0.3, 0.4) is 0 Å². The molecule has 0 aliphatic carbocycles. The van der Waals surface area contributed by atoms with Gasteiger partial charge in [-0.25, -0.2) is 9.78 Å². The third kappa shape index (κ3) is 5.28. The van der Waals surface area contributed by atoms with Gasteiger partial charge in [0.15, 0.2) is 5.82 Å². The molecule has 1 aromatic heterocycles. The van der Waals surface area contributed by atoms with Crippen molar-refractivity contribution >= 4 is 28.6 Å². The number of amides is 2. The number of para-hydroxylation sites is 4. The number of hydrogen-bond donors (Lipinski definition) is 1. The van der Waals surface area contributed by atoms with Crippen LogP contribution in [-0.2, 0) is 6.54 Å². The van der Waals surface area contributed by atoms with Crippen LogP contribution >= 0.6 is 0 Å². The molecule has 0 saturated carbocycles. The van der Waals surface area contributed by atoms with E-state index in [1.165, 1.54) is 5.56 Å². The van der Waals surface area contributed by atoms with E-state index in [0.717, 1.165) is 16.6 Å². The number of benzene rings is 3. The molecule has 0 radical (unpaired) electrons. The fourth-order valence-corrected chi connectivity index (χ4v) is 4.58. The Bertz CT molecular complexity index is 1460. The molecule has 0 spiro atoms. The Balaban J connectivity index is 1.34. The van der Waals surface area contributed by atoms with Gasteiger partial charge in [0.05, 0.1) is 29.9 Å². The van der Waals surface area contributed by atoms with Crippen LogP contribution in [0, 0.1) is 6.92 Å². The summed E-state index contributed by atoms with van der Waals surface area (Å²) < 4.78 is 7.42. The molecule has 2 amide bonds. The van der Waals surface area contributed by atoms with Crippen LogP contribution in [0.5, 0.6) is 5.75 Å². The molecule has 190 valence electrons. The Morgan fingerprint density at radius 3 is 2.41 bits per heavy atom. The van der Waals surface area contributed by atoms with Crippen LogP contribution in [0.1, 0.15) is 18.1 Å². The maximum absolute atomic E-state index is 13.7. The predicted octanol–water partition coefficient (Wildman–Crippen LogP) is 4.51. The summed E-state index contributed by atoms with van der Waals surface area (Å²) >= 11 is 0. The number of rotatable bonds is 6. The Morgan fingerprint density at radius 2 is 1.65 bits per heavy atom. The average Bonchev–Trinajstić information content (AvgIpc) is 2.92. The zero-order valence-corrected chi connectivity index (χ0v) is 21.2. The minimum absolute atomic E-state index is 0.122. The molecule has 1 saturated heterocycles. The standard InChI is InChI=1S/C29H31N5O3/c1-3-37-26-11-7-5-9-24(26)31-29(36)33-18-16-32(17-19-33)27-28(35)34(20-22-14-12-21(2)13-15-22)25-10-6-4-8-23(25)30-27/h4-15H,3,16-20H2,1-2H3,(H,31,36). The van der Waals surface area contributed by atoms with Gasteiger partial charge in [0.2, 0.25) is 0 Å². The quantitative estimate of drug-likeness (QED) is 0.424. The summed E-state index contributed by atoms with van der Waals surface area (Å²) in [5.74, 6) is 1.07. The van der Waals surface area contributed by atoms with E-state index in [1.807, 2.05) is 67.3 Å². The molecule has 0 unspecified atom stereocenters. The van der Waals surface area contributed by atoms with E-state index in [0.29, 0.717) is 56.6 Å². The molecular weight excluding hydrogens is 466 g/mol. The van der Waals surface area contributed by atoms with Crippen molar-refractivity contribution in [1.82, 2.24) is 14.5 Å². The van der Waals surface area contributed by atoms with E-state index in [9.17, 15) is 9.59 Å². The summed E-state index contributed by atoms with van der Waals surface area (Å²) in [5, 5.41) is 2.96. The van der Waals surface area contributed by atoms with Crippen molar-refractivity contribution in [2.24, 2.45) is 0 Å². The summed E-state index contributed by atoms with van der Waals surface area (Å²) in [5.41, 5.74) is 4.35. The van der Waals surface area contributed by atoms with Crippen molar-refractivity contribution in [3.8, 4) is 5.75 Å². The topological polar surface area (TPSA) is 79.7 Å². The monoisotopic (exact) mass is 497 g/mol. The molecule has 1 aliphatic rings. The lowest BCUT2D eigenvalue weighted by atomic mass is 10.1. The zero-order chi connectivity index (χ0) is 25.8. The van der Waals surface area contributed by atoms with E-state index in [2.05, 4.69) is 29.6 Å². The first-order valence-corrected chi connectivity index (χ1v) is 12.6. The fourth-order valence-electron chi connectivity index (χ4n) is 4.58. The van der Waals surface area contributed by atoms with E-state index in [-0.39, 0.29) is 11.6 Å². The van der Waals surface area contributed by atoms with Gasteiger partial charge in [-0.05, 0) is 43.7 Å². The van der Waals surface area contributed by atoms with Crippen molar-refractivity contribution in [3.05, 3.63) is 94.3 Å². The number of anilines is 2. The maximum atomic E-state index is 13.7. The van der Waals surface area contributed by atoms with Gasteiger partial charge in [0, 0.05) is 26.2 Å². The summed E-state index contributed by atoms with van der Waals surface area (Å²) in [6.45, 7) is 6.95. The number of hydrogen-bond acceptors (Lipinski definition) is 5. The first-order chi connectivity index (χ1) is 18.0. The van der Waals surface area contributed by atoms with Crippen molar-refractivity contribution < 1.29 is 9.53 Å². The molecule has 4 aromatic rings. The molecule has 37 heavy (non-hydrogen) atoms. The fraction of sp³-hybridized carbons (Fsp3) is 0.276. The second-order valence-corrected chi connectivity index (χ2v) is 9.13. The van der Waals surface area contributed by atoms with Crippen molar-refractivity contribution in [3.63, 3.8) is 0 Å². The Kier molecular flexibility index (Phi) is 7.07. The predicted molar refractivity (Wildman–Crippen MR) is 147 cm³/mol. The van der Waals surface area contributed by atoms with Crippen LogP contribution in [-0.4, -0.2) is 53.3 Å². The lowest BCUT2D eigenvalue weighted by Crippen LogP contribution is -2.51. The lowest BCUT2D eigenvalue weighted by molar-refractivity contribution is 0.208. The highest BCUT2D eigenvalue weighted by Gasteiger charge is 2.25. The highest BCUT2D eigenvalue weighted by atomic mass is 16.5. The molecule has 0 bridgehead atoms. The number of carbonyl (C=O) groups is 1. The van der Waals surface area contributed by atoms with Gasteiger partial charge < -0.3 is 19.9 Å². The molecule has 1 N–H and O–H groups in total. The second kappa shape index (κ2) is 10.7. The van der Waals surface area contributed by atoms with E-state index in [4.69, 9.17) is 9.72 Å². The highest BCUT2D eigenvalue weighted by Crippen LogP contribution is 2.24. The summed E-state index contributed by atoms with van der Waals surface area (Å²) in [6.07, 6.45) is 0. The minimum atomic E-state index is -0.185. The first kappa shape index (κ1) is 24.4. The molecule has 1 fully saturated rings. The molecule has 0 atom stereocenters. The number of fused-ring (bicyclic) bond motifs is 1. The Morgan fingerprint density at radius 1 is 0.946 bits per heavy atom. The molecular formula is C29H31N5O3. The summed E-state index contributed by atoms with van der Waals surface area (Å²) in [6, 6.07) is 23.2. The first-order valence-electron chi connectivity index (χ1n) is 12.6. The number of aromatic nitrogens is 2. The number of carbonyl (C=O) groups excluding carboxylic acids is 1. The number of nitrogens with zero attached hydrogens (tertiary/aromatic N) is 4. The molecule has 8 heteroatoms. The average molecular weight is 498 g/mol. The van der Waals surface area contributed by atoms with Gasteiger partial charge in [-0.3, -0.25) is 9.36 Å². The number of nitrogens with one attached hydrogen (secondary N) is 1. The van der Waals surface area contributed by atoms with Gasteiger partial charge in [0.1, 0.15) is 5.75 Å². The van der Waals surface area contributed by atoms with Gasteiger partial charge in [-0.2, -0.15) is 0 Å². The van der Waals surface area contributed by atoms with Gasteiger partial charge >= 0.3 is 6.03 Å². The minimum Gasteiger partial charge on any atom is -0.492 e. The second-order valence-electron chi connectivity index (χ2n) is 9.13. The van der Waals surface area contributed by atoms with Crippen LogP contribution in [0.15, 0.2) is 77.6 Å². The summed E-state index contributed by atoms with van der Waals surface area (Å²) in [4.78, 5) is 35.1. The molecule has 8 nitrogen and oxygen atoms in total. The molecule has 1 aliphatic heterocycles. The SMILES string of the molecule is CCOc1ccccc1NC(=O)N1CCN(c2nc3ccccc3n(Cc3ccc(C)cc3)c2=O)CC1. The Hall–Kier alpha value is -4.33. The smallest absolute Gasteiger partial charge is 0.322 e. The van der Waals surface area contributed by atoms with E-state index in [1.54, 1.807) is 9.47 Å². The number of piperazine rings is 1. The van der Waals surface area contributed by atoms with Crippen LogP contribution in [0.2, 0.25) is 0 Å². The number of urea groups is 1. The van der Waals surface area contributed by atoms with E-state index < -0.39 is 0 Å². The largest absolute Gasteiger partial charge is 0.492 e. The van der Waals surface area contributed by atoms with E-state index >= 15 is 0 Å². The van der Waals surface area contributed by atoms with Gasteiger partial charge in [-0.15, -0.1) is 0 Å². The normalized spacial score (nSPS) is 13.6. The van der Waals surface area contributed by atoms with Crippen molar-refractivity contribution in [2.45, 2.75) is 20.4 Å². The third-order valence-electron chi connectivity index (χ3n) is 6.59. The maximum Gasteiger partial charge on any atom is 0.322 e. The molecule has 3 aromatic carbocycles. The summed E-state index contributed by atoms with van der Waals surface area (Å²) in [7, 11) is 0. The molecule has 5 rings (SSSR count). The van der Waals surface area contributed by atoms with Crippen LogP contribution in [0.25, 0.3) is 11.0 Å². The molecule has 2 heterocycles. The number of ether oxygens (including phenoxy) is 1. The third-order valence-corrected chi connectivity index (χ3v) is 6.59. The highest BCUT2D eigenvalue weighted by molar-refractivity contribution is 5.91. The van der Waals surface area contributed by atoms with Gasteiger partial charge in [-0.1, -0.05) is 54.1 Å². The number of aryl methyl sites for hydroxylation is 1. The van der Waals surface area contributed by atoms with Crippen LogP contribution in [0.4, 0.5) is 16.3 Å². The van der Waals surface area contributed by atoms with Crippen molar-refractivity contribution in [2.75, 3.05) is 43.0 Å². The lowest BCUT2D eigenvalue weighted by Gasteiger charge is -2.35. The zero-order valence-electron chi connectivity index (χ0n) is 21.2.